The number of esters is 1. The lowest BCUT2D eigenvalue weighted by Crippen LogP contribution is -2.44. The highest BCUT2D eigenvalue weighted by Crippen LogP contribution is 2.18. The zero-order valence-electron chi connectivity index (χ0n) is 19.3. The van der Waals surface area contributed by atoms with Gasteiger partial charge in [-0.3, -0.25) is 18.7 Å². The van der Waals surface area contributed by atoms with E-state index >= 15 is 0 Å². The average molecular weight is 500 g/mol. The quantitative estimate of drug-likeness (QED) is 0.344. The number of rotatable bonds is 9. The number of nitrogens with zero attached hydrogens (tertiary/aromatic N) is 2. The highest BCUT2D eigenvalue weighted by atomic mass is 32.2. The van der Waals surface area contributed by atoms with Gasteiger partial charge in [-0.2, -0.15) is 0 Å². The number of ketones is 1. The number of ether oxygens (including phenoxy) is 1. The molecule has 1 aromatic heterocycles. The maximum absolute atomic E-state index is 12.9. The molecule has 184 valence electrons. The molecule has 0 saturated heterocycles. The van der Waals surface area contributed by atoms with Gasteiger partial charge < -0.3 is 10.5 Å². The minimum absolute atomic E-state index is 0.00490. The fourth-order valence-corrected chi connectivity index (χ4v) is 4.60. The Morgan fingerprint density at radius 1 is 0.943 bits per heavy atom. The Kier molecular flexibility index (Phi) is 7.70. The molecule has 0 aliphatic carbocycles. The molecule has 3 rings (SSSR count). The van der Waals surface area contributed by atoms with Crippen LogP contribution in [-0.2, 0) is 27.7 Å². The third kappa shape index (κ3) is 5.24. The molecule has 10 nitrogen and oxygen atoms in total. The van der Waals surface area contributed by atoms with Crippen LogP contribution in [0.1, 0.15) is 40.1 Å². The number of aromatic nitrogens is 2. The SMILES string of the molecule is CCn1c(=O)c(C(=O)COC(=O)c2ccccc2S(=O)(=O)CC)c(N)n(Cc2ccccc2)c1=O. The van der Waals surface area contributed by atoms with Gasteiger partial charge >= 0.3 is 11.7 Å². The molecule has 2 N–H and O–H groups in total. The van der Waals surface area contributed by atoms with E-state index in [1.807, 2.05) is 0 Å². The lowest BCUT2D eigenvalue weighted by Gasteiger charge is -2.16. The lowest BCUT2D eigenvalue weighted by molar-refractivity contribution is 0.0470. The molecule has 0 unspecified atom stereocenters. The summed E-state index contributed by atoms with van der Waals surface area (Å²) in [5.41, 5.74) is 4.53. The van der Waals surface area contributed by atoms with Crippen LogP contribution in [0, 0.1) is 0 Å². The predicted molar refractivity (Wildman–Crippen MR) is 129 cm³/mol. The van der Waals surface area contributed by atoms with E-state index in [-0.39, 0.29) is 35.1 Å². The van der Waals surface area contributed by atoms with Gasteiger partial charge in [-0.1, -0.05) is 49.4 Å². The molecule has 0 spiro atoms. The minimum atomic E-state index is -3.72. The number of sulfone groups is 1. The van der Waals surface area contributed by atoms with Gasteiger partial charge in [0.2, 0.25) is 5.78 Å². The molecule has 2 aromatic carbocycles. The van der Waals surface area contributed by atoms with E-state index in [1.54, 1.807) is 37.3 Å². The highest BCUT2D eigenvalue weighted by molar-refractivity contribution is 7.91. The Bertz CT molecular complexity index is 1490. The molecule has 11 heteroatoms. The summed E-state index contributed by atoms with van der Waals surface area (Å²) in [5, 5.41) is 0. The van der Waals surface area contributed by atoms with Gasteiger partial charge in [-0.25, -0.2) is 18.0 Å². The van der Waals surface area contributed by atoms with Crippen LogP contribution in [0.25, 0.3) is 0 Å². The fraction of sp³-hybridized carbons (Fsp3) is 0.250. The van der Waals surface area contributed by atoms with Gasteiger partial charge in [-0.05, 0) is 24.6 Å². The van der Waals surface area contributed by atoms with Crippen molar-refractivity contribution in [3.63, 3.8) is 0 Å². The summed E-state index contributed by atoms with van der Waals surface area (Å²) in [6, 6.07) is 14.3. The van der Waals surface area contributed by atoms with Gasteiger partial charge in [-0.15, -0.1) is 0 Å². The second-order valence-corrected chi connectivity index (χ2v) is 9.81. The maximum Gasteiger partial charge on any atom is 0.339 e. The molecule has 0 amide bonds. The van der Waals surface area contributed by atoms with Gasteiger partial charge in [0.05, 0.1) is 22.8 Å². The fourth-order valence-electron chi connectivity index (χ4n) is 3.52. The Balaban J connectivity index is 1.95. The van der Waals surface area contributed by atoms with Crippen LogP contribution in [0.5, 0.6) is 0 Å². The number of carbonyl (C=O) groups is 2. The van der Waals surface area contributed by atoms with Crippen molar-refractivity contribution in [3.8, 4) is 0 Å². The summed E-state index contributed by atoms with van der Waals surface area (Å²) in [6.07, 6.45) is 0. The summed E-state index contributed by atoms with van der Waals surface area (Å²) >= 11 is 0. The first-order chi connectivity index (χ1) is 16.6. The predicted octanol–water partition coefficient (Wildman–Crippen LogP) is 1.49. The molecule has 3 aromatic rings. The average Bonchev–Trinajstić information content (AvgIpc) is 2.86. The first-order valence-corrected chi connectivity index (χ1v) is 12.5. The van der Waals surface area contributed by atoms with Crippen LogP contribution < -0.4 is 17.0 Å². The van der Waals surface area contributed by atoms with Crippen molar-refractivity contribution >= 4 is 27.4 Å². The van der Waals surface area contributed by atoms with E-state index in [0.29, 0.717) is 0 Å². The molecule has 0 saturated carbocycles. The Hall–Kier alpha value is -3.99. The van der Waals surface area contributed by atoms with E-state index in [4.69, 9.17) is 10.5 Å². The minimum Gasteiger partial charge on any atom is -0.454 e. The van der Waals surface area contributed by atoms with Crippen molar-refractivity contribution in [2.45, 2.75) is 31.8 Å². The second kappa shape index (κ2) is 10.5. The number of nitrogens with two attached hydrogens (primary N) is 1. The Morgan fingerprint density at radius 2 is 1.57 bits per heavy atom. The van der Waals surface area contributed by atoms with E-state index in [0.717, 1.165) is 14.7 Å². The van der Waals surface area contributed by atoms with Gasteiger partial charge in [0.1, 0.15) is 11.4 Å². The molecule has 0 fully saturated rings. The largest absolute Gasteiger partial charge is 0.454 e. The smallest absolute Gasteiger partial charge is 0.339 e. The number of benzene rings is 2. The molecule has 0 bridgehead atoms. The van der Waals surface area contributed by atoms with Crippen molar-refractivity contribution in [2.24, 2.45) is 0 Å². The summed E-state index contributed by atoms with van der Waals surface area (Å²) in [4.78, 5) is 51.0. The molecular formula is C24H25N3O7S. The van der Waals surface area contributed by atoms with Crippen molar-refractivity contribution in [1.82, 2.24) is 9.13 Å². The third-order valence-corrected chi connectivity index (χ3v) is 7.19. The van der Waals surface area contributed by atoms with Crippen LogP contribution in [0.4, 0.5) is 5.82 Å². The zero-order valence-corrected chi connectivity index (χ0v) is 20.1. The molecule has 35 heavy (non-hydrogen) atoms. The van der Waals surface area contributed by atoms with E-state index in [2.05, 4.69) is 0 Å². The van der Waals surface area contributed by atoms with Gasteiger partial charge in [0, 0.05) is 6.54 Å². The summed E-state index contributed by atoms with van der Waals surface area (Å²) in [7, 11) is -3.72. The lowest BCUT2D eigenvalue weighted by atomic mass is 10.1. The second-order valence-electron chi connectivity index (χ2n) is 7.56. The topological polar surface area (TPSA) is 148 Å². The number of anilines is 1. The first kappa shape index (κ1) is 25.6. The Morgan fingerprint density at radius 3 is 2.20 bits per heavy atom. The first-order valence-electron chi connectivity index (χ1n) is 10.8. The molecule has 0 aliphatic rings. The van der Waals surface area contributed by atoms with Crippen molar-refractivity contribution < 1.29 is 22.7 Å². The van der Waals surface area contributed by atoms with Crippen LogP contribution in [-0.4, -0.2) is 41.7 Å². The number of hydrogen-bond donors (Lipinski definition) is 1. The normalized spacial score (nSPS) is 11.3. The number of hydrogen-bond acceptors (Lipinski definition) is 8. The van der Waals surface area contributed by atoms with E-state index in [1.165, 1.54) is 31.2 Å². The Labute approximate surface area is 201 Å². The standard InChI is InChI=1S/C24H25N3O7S/c1-3-26-22(29)20(21(25)27(24(26)31)14-16-10-6-5-7-11-16)18(28)15-34-23(30)17-12-8-9-13-19(17)35(32,33)4-2/h5-13H,3-4,14-15,25H2,1-2H3. The van der Waals surface area contributed by atoms with Crippen molar-refractivity contribution in [1.29, 1.82) is 0 Å². The summed E-state index contributed by atoms with van der Waals surface area (Å²) in [6.45, 7) is 2.16. The van der Waals surface area contributed by atoms with Crippen LogP contribution in [0.15, 0.2) is 69.1 Å². The number of carbonyl (C=O) groups excluding carboxylic acids is 2. The van der Waals surface area contributed by atoms with Crippen molar-refractivity contribution in [3.05, 3.63) is 92.1 Å². The van der Waals surface area contributed by atoms with E-state index < -0.39 is 45.0 Å². The molecule has 0 radical (unpaired) electrons. The number of nitrogen functional groups attached to an aromatic ring is 1. The maximum atomic E-state index is 12.9. The molecular weight excluding hydrogens is 474 g/mol. The van der Waals surface area contributed by atoms with E-state index in [9.17, 15) is 27.6 Å². The monoisotopic (exact) mass is 499 g/mol. The summed E-state index contributed by atoms with van der Waals surface area (Å²) in [5.74, 6) is -2.53. The summed E-state index contributed by atoms with van der Waals surface area (Å²) < 4.78 is 31.6. The zero-order chi connectivity index (χ0) is 25.8. The third-order valence-electron chi connectivity index (χ3n) is 5.40. The molecule has 0 atom stereocenters. The number of Topliss-reactive ketones (excluding diaryl/α,β-unsaturated/α-hetero) is 1. The van der Waals surface area contributed by atoms with Crippen LogP contribution in [0.3, 0.4) is 0 Å². The van der Waals surface area contributed by atoms with Crippen LogP contribution in [0.2, 0.25) is 0 Å². The van der Waals surface area contributed by atoms with Gasteiger partial charge in [0.25, 0.3) is 5.56 Å². The van der Waals surface area contributed by atoms with Crippen LogP contribution >= 0.6 is 0 Å². The highest BCUT2D eigenvalue weighted by Gasteiger charge is 2.26. The molecule has 1 heterocycles. The van der Waals surface area contributed by atoms with Crippen molar-refractivity contribution in [2.75, 3.05) is 18.1 Å². The molecule has 0 aliphatic heterocycles. The van der Waals surface area contributed by atoms with Gasteiger partial charge in [0.15, 0.2) is 16.4 Å².